The summed E-state index contributed by atoms with van der Waals surface area (Å²) < 4.78 is 0. The third-order valence-electron chi connectivity index (χ3n) is 5.81. The maximum atomic E-state index is 12.4. The number of aliphatic hydroxyl groups excluding tert-OH is 1. The summed E-state index contributed by atoms with van der Waals surface area (Å²) >= 11 is 0. The first kappa shape index (κ1) is 23.6. The van der Waals surface area contributed by atoms with Gasteiger partial charge in [0.2, 0.25) is 0 Å². The molecule has 27 heavy (non-hydrogen) atoms. The molecule has 0 bridgehead atoms. The smallest absolute Gasteiger partial charge is 0.303 e. The minimum atomic E-state index is -0.760. The first-order valence-electron chi connectivity index (χ1n) is 10.5. The van der Waals surface area contributed by atoms with Crippen LogP contribution in [0.15, 0.2) is 24.3 Å². The Morgan fingerprint density at radius 2 is 1.96 bits per heavy atom. The molecule has 154 valence electrons. The van der Waals surface area contributed by atoms with Crippen molar-refractivity contribution >= 4 is 11.8 Å². The van der Waals surface area contributed by atoms with E-state index in [-0.39, 0.29) is 35.4 Å². The van der Waals surface area contributed by atoms with Crippen LogP contribution in [0.2, 0.25) is 0 Å². The molecule has 0 aliphatic heterocycles. The van der Waals surface area contributed by atoms with Crippen LogP contribution in [0.3, 0.4) is 0 Å². The van der Waals surface area contributed by atoms with Crippen LogP contribution in [0, 0.1) is 23.2 Å². The molecular formula is C23H38O4. The van der Waals surface area contributed by atoms with E-state index in [9.17, 15) is 14.7 Å². The zero-order chi connectivity index (χ0) is 20.4. The average molecular weight is 379 g/mol. The van der Waals surface area contributed by atoms with Gasteiger partial charge in [-0.2, -0.15) is 0 Å². The predicted molar refractivity (Wildman–Crippen MR) is 109 cm³/mol. The van der Waals surface area contributed by atoms with E-state index in [0.29, 0.717) is 12.8 Å². The molecule has 4 atom stereocenters. The second-order valence-corrected chi connectivity index (χ2v) is 8.74. The summed E-state index contributed by atoms with van der Waals surface area (Å²) in [6.07, 6.45) is 13.7. The largest absolute Gasteiger partial charge is 0.481 e. The minimum absolute atomic E-state index is 0.123. The molecule has 1 rings (SSSR count). The lowest BCUT2D eigenvalue weighted by Crippen LogP contribution is -2.27. The van der Waals surface area contributed by atoms with Crippen molar-refractivity contribution in [3.05, 3.63) is 24.3 Å². The van der Waals surface area contributed by atoms with Crippen LogP contribution in [-0.4, -0.2) is 28.1 Å². The Labute approximate surface area is 164 Å². The first-order valence-corrected chi connectivity index (χ1v) is 10.5. The third-order valence-corrected chi connectivity index (χ3v) is 5.81. The Morgan fingerprint density at radius 1 is 1.26 bits per heavy atom. The van der Waals surface area contributed by atoms with Gasteiger partial charge in [-0.1, -0.05) is 64.8 Å². The molecule has 4 heteroatoms. The number of carbonyl (C=O) groups excluding carboxylic acids is 1. The van der Waals surface area contributed by atoms with Gasteiger partial charge in [-0.05, 0) is 42.9 Å². The highest BCUT2D eigenvalue weighted by Crippen LogP contribution is 2.37. The summed E-state index contributed by atoms with van der Waals surface area (Å²) in [5.41, 5.74) is -0.159. The van der Waals surface area contributed by atoms with E-state index in [1.54, 1.807) is 0 Å². The van der Waals surface area contributed by atoms with Crippen molar-refractivity contribution in [2.24, 2.45) is 23.2 Å². The lowest BCUT2D eigenvalue weighted by Gasteiger charge is -2.29. The average Bonchev–Trinajstić information content (AvgIpc) is 2.86. The molecule has 0 saturated heterocycles. The van der Waals surface area contributed by atoms with E-state index in [4.69, 9.17) is 5.11 Å². The lowest BCUT2D eigenvalue weighted by atomic mass is 9.80. The van der Waals surface area contributed by atoms with Crippen molar-refractivity contribution in [3.63, 3.8) is 0 Å². The van der Waals surface area contributed by atoms with Crippen LogP contribution in [0.1, 0.15) is 79.1 Å². The second kappa shape index (κ2) is 11.4. The molecule has 1 fully saturated rings. The molecule has 0 unspecified atom stereocenters. The molecule has 1 aliphatic carbocycles. The molecule has 1 aliphatic rings. The van der Waals surface area contributed by atoms with Gasteiger partial charge >= 0.3 is 5.97 Å². The molecule has 0 heterocycles. The number of allylic oxidation sites excluding steroid dienone is 3. The zero-order valence-corrected chi connectivity index (χ0v) is 17.5. The van der Waals surface area contributed by atoms with Crippen molar-refractivity contribution in [3.8, 4) is 0 Å². The maximum absolute atomic E-state index is 12.4. The van der Waals surface area contributed by atoms with Crippen LogP contribution in [0.5, 0.6) is 0 Å². The SMILES string of the molecule is CCCCC(C)(C)[C@H](O)/C=C/[C@@H]1[C@H](C)CC(=O)[C@@H]1/C=C/CCCCC(=O)O. The molecule has 0 aromatic carbocycles. The van der Waals surface area contributed by atoms with Crippen molar-refractivity contribution in [1.29, 1.82) is 0 Å². The number of rotatable bonds is 12. The van der Waals surface area contributed by atoms with E-state index < -0.39 is 12.1 Å². The topological polar surface area (TPSA) is 74.6 Å². The highest BCUT2D eigenvalue weighted by Gasteiger charge is 2.37. The molecule has 1 saturated carbocycles. The number of aliphatic carboxylic acids is 1. The summed E-state index contributed by atoms with van der Waals surface area (Å²) in [4.78, 5) is 22.9. The number of ketones is 1. The van der Waals surface area contributed by atoms with Crippen LogP contribution in [-0.2, 0) is 9.59 Å². The van der Waals surface area contributed by atoms with Gasteiger partial charge in [0, 0.05) is 18.8 Å². The Hall–Kier alpha value is -1.42. The Morgan fingerprint density at radius 3 is 2.59 bits per heavy atom. The molecule has 0 amide bonds. The van der Waals surface area contributed by atoms with Crippen LogP contribution < -0.4 is 0 Å². The van der Waals surface area contributed by atoms with E-state index >= 15 is 0 Å². The Kier molecular flexibility index (Phi) is 10.00. The second-order valence-electron chi connectivity index (χ2n) is 8.74. The number of aliphatic hydroxyl groups is 1. The van der Waals surface area contributed by atoms with E-state index in [1.807, 2.05) is 24.3 Å². The van der Waals surface area contributed by atoms with Gasteiger partial charge in [0.1, 0.15) is 5.78 Å². The normalized spacial score (nSPS) is 24.9. The summed E-state index contributed by atoms with van der Waals surface area (Å²) in [6, 6.07) is 0. The fraction of sp³-hybridized carbons (Fsp3) is 0.739. The third kappa shape index (κ3) is 8.00. The highest BCUT2D eigenvalue weighted by atomic mass is 16.4. The predicted octanol–water partition coefficient (Wildman–Crippen LogP) is 5.16. The zero-order valence-electron chi connectivity index (χ0n) is 17.5. The first-order chi connectivity index (χ1) is 12.7. The fourth-order valence-electron chi connectivity index (χ4n) is 3.76. The molecule has 0 spiro atoms. The Bertz CT molecular complexity index is 532. The van der Waals surface area contributed by atoms with E-state index in [1.165, 1.54) is 0 Å². The van der Waals surface area contributed by atoms with Gasteiger partial charge < -0.3 is 10.2 Å². The molecule has 2 N–H and O–H groups in total. The van der Waals surface area contributed by atoms with Gasteiger partial charge in [0.25, 0.3) is 0 Å². The number of unbranched alkanes of at least 4 members (excludes halogenated alkanes) is 3. The lowest BCUT2D eigenvalue weighted by molar-refractivity contribution is -0.137. The van der Waals surface area contributed by atoms with Crippen molar-refractivity contribution in [2.75, 3.05) is 0 Å². The molecule has 4 nitrogen and oxygen atoms in total. The van der Waals surface area contributed by atoms with E-state index in [2.05, 4.69) is 27.7 Å². The number of carbonyl (C=O) groups is 2. The molecule has 0 aromatic rings. The number of Topliss-reactive ketones (excluding diaryl/α,β-unsaturated/α-hetero) is 1. The van der Waals surface area contributed by atoms with E-state index in [0.717, 1.165) is 32.1 Å². The number of hydrogen-bond donors (Lipinski definition) is 2. The quantitative estimate of drug-likeness (QED) is 0.363. The highest BCUT2D eigenvalue weighted by molar-refractivity contribution is 5.85. The maximum Gasteiger partial charge on any atom is 0.303 e. The van der Waals surface area contributed by atoms with Gasteiger partial charge in [-0.25, -0.2) is 0 Å². The molecule has 0 radical (unpaired) electrons. The monoisotopic (exact) mass is 378 g/mol. The van der Waals surface area contributed by atoms with Gasteiger partial charge in [-0.3, -0.25) is 9.59 Å². The molecule has 0 aromatic heterocycles. The fourth-order valence-corrected chi connectivity index (χ4v) is 3.76. The van der Waals surface area contributed by atoms with Crippen LogP contribution in [0.25, 0.3) is 0 Å². The van der Waals surface area contributed by atoms with Crippen molar-refractivity contribution in [1.82, 2.24) is 0 Å². The minimum Gasteiger partial charge on any atom is -0.481 e. The van der Waals surface area contributed by atoms with Crippen LogP contribution in [0.4, 0.5) is 0 Å². The summed E-state index contributed by atoms with van der Waals surface area (Å²) in [7, 11) is 0. The number of carboxylic acid groups (broad SMARTS) is 1. The standard InChI is InChI=1S/C23H38O4/c1-5-6-15-23(3,4)21(25)14-13-18-17(2)16-20(24)19(18)11-9-7-8-10-12-22(26)27/h9,11,13-14,17-19,21,25H,5-8,10,12,15-16H2,1-4H3,(H,26,27)/b11-9+,14-13+/t17-,18-,19-,21-/m1/s1. The van der Waals surface area contributed by atoms with Crippen LogP contribution >= 0.6 is 0 Å². The number of hydrogen-bond acceptors (Lipinski definition) is 3. The van der Waals surface area contributed by atoms with Gasteiger partial charge in [0.05, 0.1) is 6.10 Å². The summed E-state index contributed by atoms with van der Waals surface area (Å²) in [6.45, 7) is 8.44. The van der Waals surface area contributed by atoms with Crippen molar-refractivity contribution < 1.29 is 19.8 Å². The summed E-state index contributed by atoms with van der Waals surface area (Å²) in [5.74, 6) is -0.212. The number of carboxylic acids is 1. The van der Waals surface area contributed by atoms with Crippen molar-refractivity contribution in [2.45, 2.75) is 85.2 Å². The van der Waals surface area contributed by atoms with Gasteiger partial charge in [-0.15, -0.1) is 0 Å². The summed E-state index contributed by atoms with van der Waals surface area (Å²) in [5, 5.41) is 19.2. The molecular weight excluding hydrogens is 340 g/mol. The van der Waals surface area contributed by atoms with Gasteiger partial charge in [0.15, 0.2) is 0 Å². The Balaban J connectivity index is 2.64.